The number of nitrogens with one attached hydrogen (secondary N) is 1. The zero-order valence-electron chi connectivity index (χ0n) is 13.1. The highest BCUT2D eigenvalue weighted by Gasteiger charge is 2.25. The summed E-state index contributed by atoms with van der Waals surface area (Å²) in [5.41, 5.74) is 0.0185. The molecule has 1 aromatic carbocycles. The summed E-state index contributed by atoms with van der Waals surface area (Å²) in [6, 6.07) is 2.92. The van der Waals surface area contributed by atoms with Gasteiger partial charge in [0.25, 0.3) is 5.91 Å². The van der Waals surface area contributed by atoms with Gasteiger partial charge in [-0.2, -0.15) is 0 Å². The Labute approximate surface area is 133 Å². The van der Waals surface area contributed by atoms with Gasteiger partial charge in [0.1, 0.15) is 0 Å². The minimum Gasteiger partial charge on any atom is -0.372 e. The lowest BCUT2D eigenvalue weighted by atomic mass is 10.2. The Balaban J connectivity index is 1.80. The fourth-order valence-electron chi connectivity index (χ4n) is 2.56. The molecule has 1 heterocycles. The second-order valence-electron chi connectivity index (χ2n) is 5.69. The Bertz CT molecular complexity index is 585. The van der Waals surface area contributed by atoms with Crippen LogP contribution in [0.4, 0.5) is 8.78 Å². The van der Waals surface area contributed by atoms with Gasteiger partial charge in [-0.3, -0.25) is 9.59 Å². The van der Waals surface area contributed by atoms with Crippen LogP contribution in [0, 0.1) is 11.6 Å². The third-order valence-corrected chi connectivity index (χ3v) is 3.58. The number of morpholine rings is 1. The zero-order valence-corrected chi connectivity index (χ0v) is 13.1. The van der Waals surface area contributed by atoms with Gasteiger partial charge in [0, 0.05) is 31.6 Å². The number of nitrogens with zero attached hydrogens (tertiary/aromatic N) is 1. The third kappa shape index (κ3) is 4.72. The lowest BCUT2D eigenvalue weighted by Gasteiger charge is -2.35. The largest absolute Gasteiger partial charge is 0.372 e. The van der Waals surface area contributed by atoms with Crippen LogP contribution in [0.3, 0.4) is 0 Å². The van der Waals surface area contributed by atoms with E-state index in [2.05, 4.69) is 5.32 Å². The van der Waals surface area contributed by atoms with E-state index in [0.717, 1.165) is 12.1 Å². The number of hydrogen-bond acceptors (Lipinski definition) is 3. The summed E-state index contributed by atoms with van der Waals surface area (Å²) in [5, 5.41) is 2.53. The normalized spacial score (nSPS) is 21.1. The van der Waals surface area contributed by atoms with E-state index >= 15 is 0 Å². The van der Waals surface area contributed by atoms with E-state index in [1.807, 2.05) is 13.8 Å². The second-order valence-corrected chi connectivity index (χ2v) is 5.69. The van der Waals surface area contributed by atoms with Crippen molar-refractivity contribution in [3.63, 3.8) is 0 Å². The summed E-state index contributed by atoms with van der Waals surface area (Å²) in [6.07, 6.45) is 0.119. The minimum absolute atomic E-state index is 0.0144. The first-order valence-corrected chi connectivity index (χ1v) is 7.53. The number of rotatable bonds is 4. The summed E-state index contributed by atoms with van der Waals surface area (Å²) < 4.78 is 31.5. The average molecular weight is 326 g/mol. The van der Waals surface area contributed by atoms with Crippen molar-refractivity contribution >= 4 is 11.8 Å². The molecule has 0 saturated carbocycles. The van der Waals surface area contributed by atoms with Crippen molar-refractivity contribution in [1.82, 2.24) is 10.2 Å². The van der Waals surface area contributed by atoms with E-state index in [-0.39, 0.29) is 36.6 Å². The van der Waals surface area contributed by atoms with Gasteiger partial charge in [0.2, 0.25) is 5.91 Å². The summed E-state index contributed by atoms with van der Waals surface area (Å²) >= 11 is 0. The molecule has 7 heteroatoms. The van der Waals surface area contributed by atoms with E-state index in [0.29, 0.717) is 13.1 Å². The van der Waals surface area contributed by atoms with Gasteiger partial charge in [-0.25, -0.2) is 8.78 Å². The van der Waals surface area contributed by atoms with E-state index in [1.54, 1.807) is 4.90 Å². The lowest BCUT2D eigenvalue weighted by molar-refractivity contribution is -0.143. The maximum atomic E-state index is 13.1. The predicted octanol–water partition coefficient (Wildman–Crippen LogP) is 1.72. The Kier molecular flexibility index (Phi) is 5.65. The van der Waals surface area contributed by atoms with E-state index < -0.39 is 17.5 Å². The molecule has 0 radical (unpaired) electrons. The zero-order chi connectivity index (χ0) is 17.0. The topological polar surface area (TPSA) is 58.6 Å². The average Bonchev–Trinajstić information content (AvgIpc) is 2.48. The van der Waals surface area contributed by atoms with Crippen LogP contribution < -0.4 is 5.32 Å². The second kappa shape index (κ2) is 7.50. The summed E-state index contributed by atoms with van der Waals surface area (Å²) in [7, 11) is 0. The first-order valence-electron chi connectivity index (χ1n) is 7.53. The molecule has 23 heavy (non-hydrogen) atoms. The smallest absolute Gasteiger partial charge is 0.251 e. The van der Waals surface area contributed by atoms with Gasteiger partial charge in [-0.1, -0.05) is 0 Å². The number of carbonyl (C=O) groups is 2. The van der Waals surface area contributed by atoms with E-state index in [4.69, 9.17) is 4.74 Å². The van der Waals surface area contributed by atoms with Crippen LogP contribution in [0.1, 0.15) is 30.6 Å². The predicted molar refractivity (Wildman–Crippen MR) is 79.9 cm³/mol. The monoisotopic (exact) mass is 326 g/mol. The fourth-order valence-corrected chi connectivity index (χ4v) is 2.56. The van der Waals surface area contributed by atoms with Crippen molar-refractivity contribution in [3.8, 4) is 0 Å². The Morgan fingerprint density at radius 2 is 1.87 bits per heavy atom. The molecule has 5 nitrogen and oxygen atoms in total. The molecule has 0 bridgehead atoms. The molecule has 2 amide bonds. The standard InChI is InChI=1S/C16H20F2N2O3/c1-10-8-20(9-11(2)23-10)15(21)5-6-19-16(22)12-3-4-13(17)14(18)7-12/h3-4,7,10-11H,5-6,8-9H2,1-2H3,(H,19,22)/t10-,11+. The Hall–Kier alpha value is -2.02. The number of halogens is 2. The molecule has 2 rings (SSSR count). The molecule has 1 fully saturated rings. The van der Waals surface area contributed by atoms with Crippen LogP contribution >= 0.6 is 0 Å². The van der Waals surface area contributed by atoms with E-state index in [1.165, 1.54) is 6.07 Å². The maximum Gasteiger partial charge on any atom is 0.251 e. The van der Waals surface area contributed by atoms with Crippen LogP contribution in [-0.4, -0.2) is 48.6 Å². The van der Waals surface area contributed by atoms with Gasteiger partial charge in [0.05, 0.1) is 12.2 Å². The summed E-state index contributed by atoms with van der Waals surface area (Å²) in [6.45, 7) is 5.00. The highest BCUT2D eigenvalue weighted by atomic mass is 19.2. The lowest BCUT2D eigenvalue weighted by Crippen LogP contribution is -2.48. The molecule has 1 aliphatic heterocycles. The molecule has 1 aliphatic rings. The van der Waals surface area contributed by atoms with Crippen LogP contribution in [0.15, 0.2) is 18.2 Å². The highest BCUT2D eigenvalue weighted by molar-refractivity contribution is 5.94. The number of amides is 2. The molecule has 0 unspecified atom stereocenters. The van der Waals surface area contributed by atoms with Gasteiger partial charge < -0.3 is 15.0 Å². The number of hydrogen-bond donors (Lipinski definition) is 1. The van der Waals surface area contributed by atoms with Crippen LogP contribution in [0.2, 0.25) is 0 Å². The van der Waals surface area contributed by atoms with Crippen molar-refractivity contribution in [2.75, 3.05) is 19.6 Å². The van der Waals surface area contributed by atoms with Crippen LogP contribution in [0.5, 0.6) is 0 Å². The van der Waals surface area contributed by atoms with Crippen molar-refractivity contribution < 1.29 is 23.1 Å². The third-order valence-electron chi connectivity index (χ3n) is 3.58. The van der Waals surface area contributed by atoms with Gasteiger partial charge in [0.15, 0.2) is 11.6 Å². The summed E-state index contributed by atoms with van der Waals surface area (Å²) in [4.78, 5) is 25.7. The van der Waals surface area contributed by atoms with Crippen LogP contribution in [-0.2, 0) is 9.53 Å². The number of ether oxygens (including phenoxy) is 1. The van der Waals surface area contributed by atoms with Crippen molar-refractivity contribution in [2.45, 2.75) is 32.5 Å². The van der Waals surface area contributed by atoms with Crippen molar-refractivity contribution in [3.05, 3.63) is 35.4 Å². The fraction of sp³-hybridized carbons (Fsp3) is 0.500. The molecular formula is C16H20F2N2O3. The molecule has 1 N–H and O–H groups in total. The molecule has 2 atom stereocenters. The van der Waals surface area contributed by atoms with Gasteiger partial charge >= 0.3 is 0 Å². The molecule has 0 spiro atoms. The van der Waals surface area contributed by atoms with Crippen molar-refractivity contribution in [2.24, 2.45) is 0 Å². The molecule has 0 aliphatic carbocycles. The number of carbonyl (C=O) groups excluding carboxylic acids is 2. The highest BCUT2D eigenvalue weighted by Crippen LogP contribution is 2.12. The van der Waals surface area contributed by atoms with Gasteiger partial charge in [-0.15, -0.1) is 0 Å². The maximum absolute atomic E-state index is 13.1. The van der Waals surface area contributed by atoms with Crippen LogP contribution in [0.25, 0.3) is 0 Å². The minimum atomic E-state index is -1.08. The molecule has 126 valence electrons. The van der Waals surface area contributed by atoms with Gasteiger partial charge in [-0.05, 0) is 32.0 Å². The Morgan fingerprint density at radius 1 is 1.22 bits per heavy atom. The SMILES string of the molecule is C[C@@H]1CN(C(=O)CCNC(=O)c2ccc(F)c(F)c2)C[C@H](C)O1. The molecule has 1 aromatic rings. The first kappa shape index (κ1) is 17.3. The Morgan fingerprint density at radius 3 is 2.48 bits per heavy atom. The van der Waals surface area contributed by atoms with E-state index in [9.17, 15) is 18.4 Å². The molecule has 1 saturated heterocycles. The van der Waals surface area contributed by atoms with Crippen molar-refractivity contribution in [1.29, 1.82) is 0 Å². The number of benzene rings is 1. The molecular weight excluding hydrogens is 306 g/mol. The summed E-state index contributed by atoms with van der Waals surface area (Å²) in [5.74, 6) is -2.70. The molecule has 0 aromatic heterocycles. The quantitative estimate of drug-likeness (QED) is 0.916. The first-order chi connectivity index (χ1) is 10.9.